The van der Waals surface area contributed by atoms with Gasteiger partial charge in [-0.3, -0.25) is 4.79 Å². The number of carbonyl (C=O) groups excluding carboxylic acids is 2. The minimum absolute atomic E-state index is 0.207. The predicted octanol–water partition coefficient (Wildman–Crippen LogP) is 1.53. The largest absolute Gasteiger partial charge is 0.468 e. The number of rotatable bonds is 4. The number of urea groups is 1. The summed E-state index contributed by atoms with van der Waals surface area (Å²) < 4.78 is 17.2. The van der Waals surface area contributed by atoms with E-state index in [9.17, 15) is 14.0 Å². The second-order valence-electron chi connectivity index (χ2n) is 4.52. The van der Waals surface area contributed by atoms with Crippen LogP contribution in [-0.2, 0) is 15.1 Å². The lowest BCUT2D eigenvalue weighted by Gasteiger charge is -2.26. The molecule has 0 aromatic heterocycles. The number of amides is 2. The predicted molar refractivity (Wildman–Crippen MR) is 68.0 cm³/mol. The number of esters is 1. The van der Waals surface area contributed by atoms with Gasteiger partial charge in [0.25, 0.3) is 0 Å². The van der Waals surface area contributed by atoms with Gasteiger partial charge in [0, 0.05) is 0 Å². The number of hydrogen-bond acceptors (Lipinski definition) is 3. The topological polar surface area (TPSA) is 67.4 Å². The van der Waals surface area contributed by atoms with Crippen LogP contribution in [0.5, 0.6) is 0 Å². The van der Waals surface area contributed by atoms with Crippen LogP contribution >= 0.6 is 0 Å². The van der Waals surface area contributed by atoms with E-state index in [-0.39, 0.29) is 12.4 Å². The molecular formula is C13H17FN2O3. The number of methoxy groups -OCH3 is 1. The van der Waals surface area contributed by atoms with Crippen molar-refractivity contribution < 1.29 is 18.7 Å². The Morgan fingerprint density at radius 2 is 1.84 bits per heavy atom. The molecule has 0 spiro atoms. The molecule has 0 atom stereocenters. The summed E-state index contributed by atoms with van der Waals surface area (Å²) in [6.45, 7) is 3.34. The number of ether oxygens (including phenoxy) is 1. The molecule has 0 heterocycles. The quantitative estimate of drug-likeness (QED) is 0.814. The Labute approximate surface area is 111 Å². The SMILES string of the molecule is COC(=O)CNC(=O)NC(C)(C)c1ccc(F)cc1. The van der Waals surface area contributed by atoms with Gasteiger partial charge in [0.1, 0.15) is 12.4 Å². The first-order chi connectivity index (χ1) is 8.85. The van der Waals surface area contributed by atoms with Crippen LogP contribution in [0.25, 0.3) is 0 Å². The number of halogens is 1. The first-order valence-electron chi connectivity index (χ1n) is 5.74. The molecule has 0 aliphatic heterocycles. The Morgan fingerprint density at radius 3 is 2.37 bits per heavy atom. The highest BCUT2D eigenvalue weighted by Gasteiger charge is 2.22. The highest BCUT2D eigenvalue weighted by molar-refractivity contribution is 5.81. The van der Waals surface area contributed by atoms with Gasteiger partial charge >= 0.3 is 12.0 Å². The molecule has 1 rings (SSSR count). The molecule has 5 nitrogen and oxygen atoms in total. The van der Waals surface area contributed by atoms with Gasteiger partial charge in [-0.15, -0.1) is 0 Å². The highest BCUT2D eigenvalue weighted by atomic mass is 19.1. The Balaban J connectivity index is 2.61. The maximum absolute atomic E-state index is 12.8. The fraction of sp³-hybridized carbons (Fsp3) is 0.385. The average molecular weight is 268 g/mol. The van der Waals surface area contributed by atoms with Crippen LogP contribution in [0.4, 0.5) is 9.18 Å². The fourth-order valence-electron chi connectivity index (χ4n) is 1.49. The molecule has 104 valence electrons. The van der Waals surface area contributed by atoms with Crippen molar-refractivity contribution in [3.05, 3.63) is 35.6 Å². The summed E-state index contributed by atoms with van der Waals surface area (Å²) in [5, 5.41) is 5.06. The van der Waals surface area contributed by atoms with Gasteiger partial charge in [-0.25, -0.2) is 9.18 Å². The van der Waals surface area contributed by atoms with Crippen LogP contribution in [0.3, 0.4) is 0 Å². The van der Waals surface area contributed by atoms with E-state index in [1.54, 1.807) is 26.0 Å². The summed E-state index contributed by atoms with van der Waals surface area (Å²) in [5.74, 6) is -0.871. The third-order valence-electron chi connectivity index (χ3n) is 2.61. The maximum atomic E-state index is 12.8. The number of benzene rings is 1. The van der Waals surface area contributed by atoms with E-state index in [0.717, 1.165) is 5.56 Å². The molecule has 0 saturated carbocycles. The van der Waals surface area contributed by atoms with E-state index >= 15 is 0 Å². The van der Waals surface area contributed by atoms with Crippen LogP contribution in [0.2, 0.25) is 0 Å². The lowest BCUT2D eigenvalue weighted by atomic mass is 9.94. The van der Waals surface area contributed by atoms with E-state index in [0.29, 0.717) is 0 Å². The molecule has 0 aliphatic rings. The average Bonchev–Trinajstić information content (AvgIpc) is 2.36. The molecule has 0 saturated heterocycles. The fourth-order valence-corrected chi connectivity index (χ4v) is 1.49. The number of hydrogen-bond donors (Lipinski definition) is 2. The van der Waals surface area contributed by atoms with E-state index in [1.165, 1.54) is 19.2 Å². The minimum atomic E-state index is -0.687. The molecule has 0 fully saturated rings. The van der Waals surface area contributed by atoms with Crippen LogP contribution in [0.1, 0.15) is 19.4 Å². The standard InChI is InChI=1S/C13H17FN2O3/c1-13(2,9-4-6-10(14)7-5-9)16-12(18)15-8-11(17)19-3/h4-7H,8H2,1-3H3,(H2,15,16,18). The molecule has 1 aromatic rings. The highest BCUT2D eigenvalue weighted by Crippen LogP contribution is 2.19. The number of nitrogens with one attached hydrogen (secondary N) is 2. The summed E-state index contributed by atoms with van der Waals surface area (Å²) in [6.07, 6.45) is 0. The zero-order chi connectivity index (χ0) is 14.5. The summed E-state index contributed by atoms with van der Waals surface area (Å²) >= 11 is 0. The summed E-state index contributed by atoms with van der Waals surface area (Å²) in [6, 6.07) is 5.34. The normalized spacial score (nSPS) is 10.7. The van der Waals surface area contributed by atoms with E-state index in [2.05, 4.69) is 15.4 Å². The van der Waals surface area contributed by atoms with Gasteiger partial charge < -0.3 is 15.4 Å². The first kappa shape index (κ1) is 14.9. The Kier molecular flexibility index (Phi) is 4.86. The molecule has 19 heavy (non-hydrogen) atoms. The van der Waals surface area contributed by atoms with Crippen molar-refractivity contribution in [2.45, 2.75) is 19.4 Å². The zero-order valence-electron chi connectivity index (χ0n) is 11.1. The zero-order valence-corrected chi connectivity index (χ0v) is 11.1. The smallest absolute Gasteiger partial charge is 0.325 e. The van der Waals surface area contributed by atoms with Crippen molar-refractivity contribution in [3.8, 4) is 0 Å². The van der Waals surface area contributed by atoms with E-state index < -0.39 is 17.5 Å². The molecule has 2 N–H and O–H groups in total. The Hall–Kier alpha value is -2.11. The van der Waals surface area contributed by atoms with Gasteiger partial charge in [-0.1, -0.05) is 12.1 Å². The molecular weight excluding hydrogens is 251 g/mol. The summed E-state index contributed by atoms with van der Waals surface area (Å²) in [7, 11) is 1.24. The second-order valence-corrected chi connectivity index (χ2v) is 4.52. The Morgan fingerprint density at radius 1 is 1.26 bits per heavy atom. The van der Waals surface area contributed by atoms with Crippen molar-refractivity contribution in [3.63, 3.8) is 0 Å². The van der Waals surface area contributed by atoms with Crippen molar-refractivity contribution in [1.82, 2.24) is 10.6 Å². The lowest BCUT2D eigenvalue weighted by molar-refractivity contribution is -0.139. The monoisotopic (exact) mass is 268 g/mol. The van der Waals surface area contributed by atoms with Crippen molar-refractivity contribution >= 4 is 12.0 Å². The van der Waals surface area contributed by atoms with Gasteiger partial charge in [0.2, 0.25) is 0 Å². The second kappa shape index (κ2) is 6.17. The van der Waals surface area contributed by atoms with Gasteiger partial charge in [0.15, 0.2) is 0 Å². The summed E-state index contributed by atoms with van der Waals surface area (Å²) in [4.78, 5) is 22.5. The van der Waals surface area contributed by atoms with E-state index in [1.807, 2.05) is 0 Å². The van der Waals surface area contributed by atoms with Crippen LogP contribution < -0.4 is 10.6 Å². The van der Waals surface area contributed by atoms with Crippen molar-refractivity contribution in [2.75, 3.05) is 13.7 Å². The molecule has 1 aromatic carbocycles. The Bertz CT molecular complexity index is 457. The van der Waals surface area contributed by atoms with Crippen molar-refractivity contribution in [1.29, 1.82) is 0 Å². The van der Waals surface area contributed by atoms with E-state index in [4.69, 9.17) is 0 Å². The maximum Gasteiger partial charge on any atom is 0.325 e. The van der Waals surface area contributed by atoms with Crippen LogP contribution in [0.15, 0.2) is 24.3 Å². The van der Waals surface area contributed by atoms with Crippen LogP contribution in [-0.4, -0.2) is 25.7 Å². The molecule has 0 aliphatic carbocycles. The molecule has 6 heteroatoms. The summed E-state index contributed by atoms with van der Waals surface area (Å²) in [5.41, 5.74) is 0.0654. The first-order valence-corrected chi connectivity index (χ1v) is 5.74. The minimum Gasteiger partial charge on any atom is -0.468 e. The molecule has 0 unspecified atom stereocenters. The third kappa shape index (κ3) is 4.57. The molecule has 0 radical (unpaired) electrons. The lowest BCUT2D eigenvalue weighted by Crippen LogP contribution is -2.47. The molecule has 0 bridgehead atoms. The van der Waals surface area contributed by atoms with Crippen molar-refractivity contribution in [2.24, 2.45) is 0 Å². The third-order valence-corrected chi connectivity index (χ3v) is 2.61. The van der Waals surface area contributed by atoms with Crippen LogP contribution in [0, 0.1) is 5.82 Å². The van der Waals surface area contributed by atoms with Gasteiger partial charge in [0.05, 0.1) is 12.6 Å². The molecule has 2 amide bonds. The van der Waals surface area contributed by atoms with Gasteiger partial charge in [-0.2, -0.15) is 0 Å². The van der Waals surface area contributed by atoms with Gasteiger partial charge in [-0.05, 0) is 31.5 Å². The number of carbonyl (C=O) groups is 2.